The molecule has 0 saturated heterocycles. The van der Waals surface area contributed by atoms with Gasteiger partial charge < -0.3 is 10.3 Å². The van der Waals surface area contributed by atoms with Gasteiger partial charge in [-0.3, -0.25) is 4.79 Å². The fourth-order valence-corrected chi connectivity index (χ4v) is 2.41. The number of carbonyl (C=O) groups is 1. The topological polar surface area (TPSA) is 60.9 Å². The second-order valence-corrected chi connectivity index (χ2v) is 5.36. The molecule has 0 saturated carbocycles. The Kier molecular flexibility index (Phi) is 3.22. The number of fused-ring (bicyclic) bond motifs is 1. The molecule has 1 amide bonds. The van der Waals surface area contributed by atoms with Gasteiger partial charge in [0.2, 0.25) is 5.91 Å². The van der Waals surface area contributed by atoms with Crippen LogP contribution in [0.1, 0.15) is 27.0 Å². The van der Waals surface area contributed by atoms with Crippen LogP contribution in [0.25, 0.3) is 11.0 Å². The zero-order chi connectivity index (χ0) is 15.0. The van der Waals surface area contributed by atoms with Gasteiger partial charge in [-0.25, -0.2) is 4.98 Å². The number of nitrogens with two attached hydrogens (primary N) is 1. The Balaban J connectivity index is 1.94. The molecule has 4 heteroatoms. The maximum absolute atomic E-state index is 11.1. The molecule has 106 valence electrons. The summed E-state index contributed by atoms with van der Waals surface area (Å²) in [4.78, 5) is 15.5. The number of hydrogen-bond acceptors (Lipinski definition) is 2. The molecule has 3 aromatic rings. The van der Waals surface area contributed by atoms with Crippen LogP contribution in [-0.4, -0.2) is 15.5 Å². The van der Waals surface area contributed by atoms with E-state index >= 15 is 0 Å². The number of benzene rings is 2. The number of nitrogens with zero attached hydrogens (tertiary/aromatic N) is 2. The molecule has 0 radical (unpaired) electrons. The summed E-state index contributed by atoms with van der Waals surface area (Å²) in [6, 6.07) is 11.6. The minimum Gasteiger partial charge on any atom is -0.366 e. The lowest BCUT2D eigenvalue weighted by Gasteiger charge is -2.07. The van der Waals surface area contributed by atoms with Crippen molar-refractivity contribution in [3.05, 3.63) is 65.0 Å². The minimum atomic E-state index is -0.402. The first kappa shape index (κ1) is 13.4. The summed E-state index contributed by atoms with van der Waals surface area (Å²) in [5.74, 6) is -0.402. The molecule has 0 aliphatic heterocycles. The molecule has 0 bridgehead atoms. The standard InChI is InChI=1S/C17H17N3O/c1-11-7-15-16(8-12(11)2)20(10-19-15)9-13-3-5-14(6-4-13)17(18)21/h3-8,10H,9H2,1-2H3,(H2,18,21). The second kappa shape index (κ2) is 5.05. The van der Waals surface area contributed by atoms with Crippen LogP contribution in [0.5, 0.6) is 0 Å². The molecule has 4 nitrogen and oxygen atoms in total. The van der Waals surface area contributed by atoms with Gasteiger partial charge in [-0.2, -0.15) is 0 Å². The Hall–Kier alpha value is -2.62. The van der Waals surface area contributed by atoms with Crippen LogP contribution < -0.4 is 5.73 Å². The molecule has 21 heavy (non-hydrogen) atoms. The monoisotopic (exact) mass is 279 g/mol. The summed E-state index contributed by atoms with van der Waals surface area (Å²) >= 11 is 0. The van der Waals surface area contributed by atoms with E-state index in [2.05, 4.69) is 35.5 Å². The fourth-order valence-electron chi connectivity index (χ4n) is 2.41. The maximum Gasteiger partial charge on any atom is 0.248 e. The van der Waals surface area contributed by atoms with Crippen LogP contribution in [0.4, 0.5) is 0 Å². The third kappa shape index (κ3) is 2.52. The number of primary amides is 1. The van der Waals surface area contributed by atoms with E-state index in [4.69, 9.17) is 5.73 Å². The van der Waals surface area contributed by atoms with Gasteiger partial charge in [0.15, 0.2) is 0 Å². The van der Waals surface area contributed by atoms with E-state index in [1.807, 2.05) is 18.5 Å². The Morgan fingerprint density at radius 2 is 1.81 bits per heavy atom. The number of hydrogen-bond donors (Lipinski definition) is 1. The highest BCUT2D eigenvalue weighted by Crippen LogP contribution is 2.19. The fraction of sp³-hybridized carbons (Fsp3) is 0.176. The lowest BCUT2D eigenvalue weighted by molar-refractivity contribution is 0.100. The molecule has 3 rings (SSSR count). The van der Waals surface area contributed by atoms with Gasteiger partial charge in [0.25, 0.3) is 0 Å². The summed E-state index contributed by atoms with van der Waals surface area (Å²) in [6.45, 7) is 4.92. The van der Waals surface area contributed by atoms with E-state index in [0.29, 0.717) is 5.56 Å². The molecule has 0 fully saturated rings. The van der Waals surface area contributed by atoms with Gasteiger partial charge in [0.05, 0.1) is 17.4 Å². The average molecular weight is 279 g/mol. The smallest absolute Gasteiger partial charge is 0.248 e. The lowest BCUT2D eigenvalue weighted by Crippen LogP contribution is -2.10. The highest BCUT2D eigenvalue weighted by Gasteiger charge is 2.06. The van der Waals surface area contributed by atoms with E-state index < -0.39 is 5.91 Å². The zero-order valence-corrected chi connectivity index (χ0v) is 12.1. The largest absolute Gasteiger partial charge is 0.366 e. The van der Waals surface area contributed by atoms with Crippen molar-refractivity contribution < 1.29 is 4.79 Å². The van der Waals surface area contributed by atoms with E-state index in [1.54, 1.807) is 12.1 Å². The molecule has 0 unspecified atom stereocenters. The molecule has 2 N–H and O–H groups in total. The highest BCUT2D eigenvalue weighted by atomic mass is 16.1. The number of aromatic nitrogens is 2. The number of aryl methyl sites for hydroxylation is 2. The Morgan fingerprint density at radius 1 is 1.14 bits per heavy atom. The lowest BCUT2D eigenvalue weighted by atomic mass is 10.1. The quantitative estimate of drug-likeness (QED) is 0.801. The second-order valence-electron chi connectivity index (χ2n) is 5.36. The highest BCUT2D eigenvalue weighted by molar-refractivity contribution is 5.92. The molecule has 0 spiro atoms. The summed E-state index contributed by atoms with van der Waals surface area (Å²) in [5, 5.41) is 0. The predicted octanol–water partition coefficient (Wildman–Crippen LogP) is 2.80. The van der Waals surface area contributed by atoms with Crippen molar-refractivity contribution in [1.82, 2.24) is 9.55 Å². The summed E-state index contributed by atoms with van der Waals surface area (Å²) < 4.78 is 2.11. The van der Waals surface area contributed by atoms with Crippen LogP contribution in [0.2, 0.25) is 0 Å². The van der Waals surface area contributed by atoms with Crippen molar-refractivity contribution >= 4 is 16.9 Å². The van der Waals surface area contributed by atoms with Crippen LogP contribution in [-0.2, 0) is 6.54 Å². The Morgan fingerprint density at radius 3 is 2.48 bits per heavy atom. The molecule has 0 atom stereocenters. The number of carbonyl (C=O) groups excluding carboxylic acids is 1. The van der Waals surface area contributed by atoms with E-state index in [0.717, 1.165) is 23.1 Å². The molecule has 0 aliphatic rings. The van der Waals surface area contributed by atoms with Crippen molar-refractivity contribution in [3.8, 4) is 0 Å². The van der Waals surface area contributed by atoms with E-state index in [1.165, 1.54) is 11.1 Å². The molecule has 1 aromatic heterocycles. The van der Waals surface area contributed by atoms with Crippen LogP contribution >= 0.6 is 0 Å². The van der Waals surface area contributed by atoms with Gasteiger partial charge in [-0.15, -0.1) is 0 Å². The van der Waals surface area contributed by atoms with Gasteiger partial charge in [0.1, 0.15) is 0 Å². The van der Waals surface area contributed by atoms with Crippen LogP contribution in [0.3, 0.4) is 0 Å². The van der Waals surface area contributed by atoms with Crippen LogP contribution in [0.15, 0.2) is 42.7 Å². The number of imidazole rings is 1. The third-order valence-corrected chi connectivity index (χ3v) is 3.83. The van der Waals surface area contributed by atoms with Crippen molar-refractivity contribution in [2.24, 2.45) is 5.73 Å². The average Bonchev–Trinajstić information content (AvgIpc) is 2.82. The maximum atomic E-state index is 11.1. The molecule has 1 heterocycles. The molecule has 0 aliphatic carbocycles. The first-order chi connectivity index (χ1) is 10.0. The van der Waals surface area contributed by atoms with Crippen molar-refractivity contribution in [2.45, 2.75) is 20.4 Å². The molecule has 2 aromatic carbocycles. The van der Waals surface area contributed by atoms with Gasteiger partial charge in [-0.1, -0.05) is 12.1 Å². The summed E-state index contributed by atoms with van der Waals surface area (Å²) in [6.07, 6.45) is 1.85. The first-order valence-corrected chi connectivity index (χ1v) is 6.85. The Bertz CT molecular complexity index is 816. The molecular weight excluding hydrogens is 262 g/mol. The SMILES string of the molecule is Cc1cc2ncn(Cc3ccc(C(N)=O)cc3)c2cc1C. The van der Waals surface area contributed by atoms with Gasteiger partial charge in [-0.05, 0) is 54.8 Å². The zero-order valence-electron chi connectivity index (χ0n) is 12.1. The predicted molar refractivity (Wildman–Crippen MR) is 83.3 cm³/mol. The number of amides is 1. The first-order valence-electron chi connectivity index (χ1n) is 6.85. The van der Waals surface area contributed by atoms with Gasteiger partial charge in [0, 0.05) is 12.1 Å². The third-order valence-electron chi connectivity index (χ3n) is 3.83. The normalized spacial score (nSPS) is 11.0. The van der Waals surface area contributed by atoms with E-state index in [9.17, 15) is 4.79 Å². The van der Waals surface area contributed by atoms with Gasteiger partial charge >= 0.3 is 0 Å². The minimum absolute atomic E-state index is 0.402. The molecular formula is C17H17N3O. The Labute approximate surface area is 123 Å². The van der Waals surface area contributed by atoms with Crippen molar-refractivity contribution in [2.75, 3.05) is 0 Å². The van der Waals surface area contributed by atoms with Crippen molar-refractivity contribution in [1.29, 1.82) is 0 Å². The number of rotatable bonds is 3. The van der Waals surface area contributed by atoms with Crippen LogP contribution in [0, 0.1) is 13.8 Å². The van der Waals surface area contributed by atoms with E-state index in [-0.39, 0.29) is 0 Å². The summed E-state index contributed by atoms with van der Waals surface area (Å²) in [5.41, 5.74) is 11.5. The summed E-state index contributed by atoms with van der Waals surface area (Å²) in [7, 11) is 0. The van der Waals surface area contributed by atoms with Crippen molar-refractivity contribution in [3.63, 3.8) is 0 Å².